The Morgan fingerprint density at radius 2 is 1.76 bits per heavy atom. The van der Waals surface area contributed by atoms with E-state index in [1.54, 1.807) is 17.0 Å². The van der Waals surface area contributed by atoms with Gasteiger partial charge in [0.25, 0.3) is 10.0 Å². The maximum absolute atomic E-state index is 13.4. The largest absolute Gasteiger partial charge is 0.312 e. The highest BCUT2D eigenvalue weighted by Crippen LogP contribution is 2.39. The summed E-state index contributed by atoms with van der Waals surface area (Å²) in [5, 5.41) is 0. The third kappa shape index (κ3) is 3.28. The van der Waals surface area contributed by atoms with Crippen LogP contribution < -0.4 is 9.62 Å². The quantitative estimate of drug-likeness (QED) is 0.481. The van der Waals surface area contributed by atoms with Crippen molar-refractivity contribution in [3.05, 3.63) is 77.1 Å². The molecule has 4 aromatic rings. The first-order valence-electron chi connectivity index (χ1n) is 11.3. The van der Waals surface area contributed by atoms with E-state index in [4.69, 9.17) is 4.98 Å². The van der Waals surface area contributed by atoms with Gasteiger partial charge in [0.05, 0.1) is 22.0 Å². The van der Waals surface area contributed by atoms with E-state index in [0.29, 0.717) is 31.5 Å². The lowest BCUT2D eigenvalue weighted by Crippen LogP contribution is -2.33. The summed E-state index contributed by atoms with van der Waals surface area (Å²) in [4.78, 5) is 19.0. The first-order valence-corrected chi connectivity index (χ1v) is 12.8. The Morgan fingerprint density at radius 3 is 2.56 bits per heavy atom. The molecule has 0 saturated carbocycles. The van der Waals surface area contributed by atoms with Crippen molar-refractivity contribution in [3.63, 3.8) is 0 Å². The molecule has 8 heteroatoms. The van der Waals surface area contributed by atoms with Crippen molar-refractivity contribution in [1.29, 1.82) is 0 Å². The molecule has 2 aromatic carbocycles. The van der Waals surface area contributed by atoms with Gasteiger partial charge in [-0.2, -0.15) is 0 Å². The minimum absolute atomic E-state index is 0.120. The maximum atomic E-state index is 13.4. The summed E-state index contributed by atoms with van der Waals surface area (Å²) in [7, 11) is -3.81. The molecule has 0 saturated heterocycles. The number of aromatic nitrogens is 2. The van der Waals surface area contributed by atoms with Gasteiger partial charge in [0.1, 0.15) is 5.65 Å². The van der Waals surface area contributed by atoms with Crippen LogP contribution in [0.4, 0.5) is 11.4 Å². The normalized spacial score (nSPS) is 15.1. The van der Waals surface area contributed by atoms with Gasteiger partial charge in [0, 0.05) is 30.9 Å². The van der Waals surface area contributed by atoms with Gasteiger partial charge in [-0.3, -0.25) is 9.52 Å². The number of rotatable bonds is 4. The van der Waals surface area contributed by atoms with E-state index >= 15 is 0 Å². The highest BCUT2D eigenvalue weighted by molar-refractivity contribution is 7.92. The van der Waals surface area contributed by atoms with Crippen molar-refractivity contribution in [2.24, 2.45) is 0 Å². The highest BCUT2D eigenvalue weighted by Gasteiger charge is 2.33. The van der Waals surface area contributed by atoms with Crippen LogP contribution in [0.3, 0.4) is 0 Å². The van der Waals surface area contributed by atoms with E-state index in [0.717, 1.165) is 44.8 Å². The SMILES string of the molecule is Cc1ccc(-c2cn3cccc(C)c3n2)cc1NS(=O)(=O)c1cc2c3c(c1)CCN3C(=O)CC2. The maximum Gasteiger partial charge on any atom is 0.261 e. The number of carbonyl (C=O) groups excluding carboxylic acids is 1. The molecule has 1 N–H and O–H groups in total. The number of hydrogen-bond donors (Lipinski definition) is 1. The number of anilines is 2. The zero-order valence-electron chi connectivity index (χ0n) is 19.0. The number of carbonyl (C=O) groups is 1. The number of sulfonamides is 1. The molecule has 6 rings (SSSR count). The summed E-state index contributed by atoms with van der Waals surface area (Å²) in [6.45, 7) is 4.52. The molecular formula is C26H24N4O3S. The first-order chi connectivity index (χ1) is 16.3. The molecule has 0 spiro atoms. The average molecular weight is 473 g/mol. The van der Waals surface area contributed by atoms with Crippen LogP contribution >= 0.6 is 0 Å². The lowest BCUT2D eigenvalue weighted by atomic mass is 10.00. The van der Waals surface area contributed by atoms with E-state index in [1.165, 1.54) is 0 Å². The van der Waals surface area contributed by atoms with Crippen molar-refractivity contribution in [1.82, 2.24) is 9.38 Å². The van der Waals surface area contributed by atoms with Gasteiger partial charge in [0.2, 0.25) is 5.91 Å². The lowest BCUT2D eigenvalue weighted by Gasteiger charge is -2.25. The molecule has 0 radical (unpaired) electrons. The van der Waals surface area contributed by atoms with Crippen LogP contribution in [0, 0.1) is 13.8 Å². The third-order valence-corrected chi connectivity index (χ3v) is 8.14. The van der Waals surface area contributed by atoms with E-state index in [-0.39, 0.29) is 10.8 Å². The minimum atomic E-state index is -3.81. The van der Waals surface area contributed by atoms with Crippen molar-refractivity contribution in [2.75, 3.05) is 16.2 Å². The Kier molecular flexibility index (Phi) is 4.57. The lowest BCUT2D eigenvalue weighted by molar-refractivity contribution is -0.118. The van der Waals surface area contributed by atoms with Crippen molar-refractivity contribution in [2.45, 2.75) is 38.0 Å². The molecular weight excluding hydrogens is 448 g/mol. The molecule has 2 aliphatic rings. The molecule has 0 bridgehead atoms. The standard InChI is InChI=1S/C26H24N4O3S/c1-16-5-6-18(23-15-29-10-3-4-17(2)26(29)27-23)14-22(16)28-34(32,33)21-12-19-7-8-24(31)30-11-9-20(13-21)25(19)30/h3-6,10,12-15,28H,7-9,11H2,1-2H3. The number of hydrogen-bond acceptors (Lipinski definition) is 4. The zero-order valence-corrected chi connectivity index (χ0v) is 19.8. The molecule has 0 aliphatic carbocycles. The number of aryl methyl sites for hydroxylation is 3. The smallest absolute Gasteiger partial charge is 0.261 e. The van der Waals surface area contributed by atoms with Gasteiger partial charge in [-0.05, 0) is 73.2 Å². The van der Waals surface area contributed by atoms with Crippen LogP contribution in [-0.4, -0.2) is 30.3 Å². The summed E-state index contributed by atoms with van der Waals surface area (Å²) >= 11 is 0. The predicted octanol–water partition coefficient (Wildman–Crippen LogP) is 4.25. The van der Waals surface area contributed by atoms with Crippen LogP contribution in [0.2, 0.25) is 0 Å². The van der Waals surface area contributed by atoms with E-state index in [1.807, 2.05) is 61.0 Å². The molecule has 2 aromatic heterocycles. The number of pyridine rings is 1. The number of fused-ring (bicyclic) bond motifs is 1. The summed E-state index contributed by atoms with van der Waals surface area (Å²) < 4.78 is 31.6. The van der Waals surface area contributed by atoms with Crippen LogP contribution in [0.5, 0.6) is 0 Å². The Bertz CT molecular complexity index is 1600. The van der Waals surface area contributed by atoms with Crippen LogP contribution in [0.25, 0.3) is 16.9 Å². The molecule has 172 valence electrons. The topological polar surface area (TPSA) is 83.8 Å². The molecule has 0 fully saturated rings. The molecule has 7 nitrogen and oxygen atoms in total. The first kappa shape index (κ1) is 20.9. The van der Waals surface area contributed by atoms with Gasteiger partial charge in [-0.25, -0.2) is 13.4 Å². The third-order valence-electron chi connectivity index (χ3n) is 6.79. The Hall–Kier alpha value is -3.65. The Labute approximate surface area is 198 Å². The van der Waals surface area contributed by atoms with E-state index in [9.17, 15) is 13.2 Å². The molecule has 0 atom stereocenters. The number of amides is 1. The highest BCUT2D eigenvalue weighted by atomic mass is 32.2. The molecule has 1 amide bonds. The average Bonchev–Trinajstić information content (AvgIpc) is 3.44. The summed E-state index contributed by atoms with van der Waals surface area (Å²) in [6.07, 6.45) is 5.57. The molecule has 0 unspecified atom stereocenters. The number of nitrogens with one attached hydrogen (secondary N) is 1. The zero-order chi connectivity index (χ0) is 23.6. The number of nitrogens with zero attached hydrogens (tertiary/aromatic N) is 3. The van der Waals surface area contributed by atoms with Crippen LogP contribution in [-0.2, 0) is 27.7 Å². The minimum Gasteiger partial charge on any atom is -0.312 e. The Morgan fingerprint density at radius 1 is 0.971 bits per heavy atom. The van der Waals surface area contributed by atoms with Crippen molar-refractivity contribution >= 4 is 33.0 Å². The van der Waals surface area contributed by atoms with Crippen LogP contribution in [0.1, 0.15) is 28.7 Å². The fourth-order valence-electron chi connectivity index (χ4n) is 4.97. The molecule has 4 heterocycles. The Balaban J connectivity index is 1.36. The van der Waals surface area contributed by atoms with E-state index in [2.05, 4.69) is 4.72 Å². The second-order valence-electron chi connectivity index (χ2n) is 9.07. The second-order valence-corrected chi connectivity index (χ2v) is 10.8. The summed E-state index contributed by atoms with van der Waals surface area (Å²) in [5.74, 6) is 0.120. The fraction of sp³-hybridized carbons (Fsp3) is 0.231. The fourth-order valence-corrected chi connectivity index (χ4v) is 6.19. The number of imidazole rings is 1. The summed E-state index contributed by atoms with van der Waals surface area (Å²) in [5.41, 5.74) is 7.69. The predicted molar refractivity (Wildman–Crippen MR) is 132 cm³/mol. The molecule has 2 aliphatic heterocycles. The van der Waals surface area contributed by atoms with Crippen molar-refractivity contribution < 1.29 is 13.2 Å². The van der Waals surface area contributed by atoms with Crippen molar-refractivity contribution in [3.8, 4) is 11.3 Å². The molecule has 34 heavy (non-hydrogen) atoms. The second kappa shape index (κ2) is 7.43. The van der Waals surface area contributed by atoms with E-state index < -0.39 is 10.0 Å². The van der Waals surface area contributed by atoms with Gasteiger partial charge in [-0.1, -0.05) is 18.2 Å². The van der Waals surface area contributed by atoms with Crippen LogP contribution in [0.15, 0.2) is 59.8 Å². The summed E-state index contributed by atoms with van der Waals surface area (Å²) in [6, 6.07) is 13.1. The van der Waals surface area contributed by atoms with Gasteiger partial charge in [-0.15, -0.1) is 0 Å². The monoisotopic (exact) mass is 472 g/mol. The van der Waals surface area contributed by atoms with Gasteiger partial charge in [0.15, 0.2) is 0 Å². The van der Waals surface area contributed by atoms with Gasteiger partial charge < -0.3 is 9.30 Å². The number of benzene rings is 2. The van der Waals surface area contributed by atoms with Gasteiger partial charge >= 0.3 is 0 Å².